The summed E-state index contributed by atoms with van der Waals surface area (Å²) >= 11 is 0. The zero-order chi connectivity index (χ0) is 42.0. The van der Waals surface area contributed by atoms with Gasteiger partial charge in [-0.25, -0.2) is 19.6 Å². The van der Waals surface area contributed by atoms with E-state index in [1.54, 1.807) is 12.2 Å². The maximum Gasteiger partial charge on any atom is 0.303 e. The van der Waals surface area contributed by atoms with E-state index < -0.39 is 11.9 Å². The summed E-state index contributed by atoms with van der Waals surface area (Å²) in [6, 6.07) is 0.806. The van der Waals surface area contributed by atoms with Crippen molar-refractivity contribution in [2.45, 2.75) is 180 Å². The van der Waals surface area contributed by atoms with Crippen LogP contribution in [0.2, 0.25) is 0 Å². The van der Waals surface area contributed by atoms with Gasteiger partial charge in [0.15, 0.2) is 0 Å². The fourth-order valence-corrected chi connectivity index (χ4v) is 7.86. The predicted octanol–water partition coefficient (Wildman–Crippen LogP) is 5.65. The van der Waals surface area contributed by atoms with E-state index >= 15 is 0 Å². The van der Waals surface area contributed by atoms with E-state index in [0.717, 1.165) is 95.4 Å². The second-order valence-corrected chi connectivity index (χ2v) is 16.6. The normalized spacial score (nSPS) is 25.1. The van der Waals surface area contributed by atoms with Crippen LogP contribution in [0.4, 0.5) is 0 Å². The Morgan fingerprint density at radius 1 is 0.618 bits per heavy atom. The Morgan fingerprint density at radius 2 is 0.982 bits per heavy atom. The van der Waals surface area contributed by atoms with Gasteiger partial charge in [0.05, 0.1) is 12.1 Å². The number of hydrogen-bond acceptors (Lipinski definition) is 12. The Hall–Kier alpha value is -2.54. The average molecular weight is 787 g/mol. The molecule has 14 heteroatoms. The molecule has 0 aromatic rings. The number of aliphatic carboxylic acids is 2. The summed E-state index contributed by atoms with van der Waals surface area (Å²) < 4.78 is 0. The first-order valence-electron chi connectivity index (χ1n) is 20.6. The molecule has 0 saturated heterocycles. The number of carboxylic acid groups (broad SMARTS) is 2. The van der Waals surface area contributed by atoms with Crippen molar-refractivity contribution < 1.29 is 49.8 Å². The molecular weight excluding hydrogens is 708 g/mol. The Labute approximate surface area is 330 Å². The van der Waals surface area contributed by atoms with Gasteiger partial charge in [-0.3, -0.25) is 9.59 Å². The smallest absolute Gasteiger partial charge is 0.303 e. The zero-order valence-electron chi connectivity index (χ0n) is 34.3. The largest absolute Gasteiger partial charge is 0.481 e. The fourth-order valence-electron chi connectivity index (χ4n) is 7.86. The molecule has 0 aromatic carbocycles. The molecule has 0 spiro atoms. The highest BCUT2D eigenvalue weighted by molar-refractivity contribution is 5.67. The molecule has 3 aliphatic carbocycles. The standard InChI is InChI=1S/C15H22N2O2.C10H22N2.C6H10O4.C6H14O2.C4H10O2/c18-10-16-14-5-1-12(2-6-14)9-13-3-7-15(8-4-13)17-11-19;1-9(2)4-8(12)5-10(3,6-9)7-11;7-5(8)3-1-2-4-6(9)10;7-5-3-1-2-4-6-8;5-3-1-2-4-6/h12-15H,1-9H2;8H,4-7,11-12H2,1-3H3;1-4H2,(H,7,8)(H,9,10);7-8H,1-6H2;5-6H,1-4H2. The maximum atomic E-state index is 10.2. The first-order chi connectivity index (χ1) is 26.1. The molecule has 0 amide bonds. The van der Waals surface area contributed by atoms with Gasteiger partial charge in [0, 0.05) is 45.3 Å². The molecular formula is C41H78N4O10. The van der Waals surface area contributed by atoms with Gasteiger partial charge in [-0.2, -0.15) is 0 Å². The van der Waals surface area contributed by atoms with E-state index in [1.165, 1.54) is 38.5 Å². The Balaban J connectivity index is 0. The van der Waals surface area contributed by atoms with Crippen LogP contribution in [0.25, 0.3) is 0 Å². The Kier molecular flexibility index (Phi) is 34.4. The zero-order valence-corrected chi connectivity index (χ0v) is 34.3. The second kappa shape index (κ2) is 34.7. The van der Waals surface area contributed by atoms with Gasteiger partial charge in [0.2, 0.25) is 12.2 Å². The van der Waals surface area contributed by atoms with E-state index in [2.05, 4.69) is 30.8 Å². The van der Waals surface area contributed by atoms with Crippen molar-refractivity contribution in [1.29, 1.82) is 0 Å². The quantitative estimate of drug-likeness (QED) is 0.0476. The predicted molar refractivity (Wildman–Crippen MR) is 215 cm³/mol. The number of carbonyl (C=O) groups excluding carboxylic acids is 2. The number of aliphatic hydroxyl groups excluding tert-OH is 4. The van der Waals surface area contributed by atoms with Crippen molar-refractivity contribution in [3.63, 3.8) is 0 Å². The highest BCUT2D eigenvalue weighted by Gasteiger charge is 2.39. The molecule has 0 aromatic heterocycles. The van der Waals surface area contributed by atoms with E-state index in [4.69, 9.17) is 42.1 Å². The number of isocyanates is 2. The lowest BCUT2D eigenvalue weighted by Crippen LogP contribution is -2.45. The van der Waals surface area contributed by atoms with E-state index in [0.29, 0.717) is 24.3 Å². The number of nitrogens with two attached hydrogens (primary N) is 2. The lowest BCUT2D eigenvalue weighted by atomic mass is 9.63. The summed E-state index contributed by atoms with van der Waals surface area (Å²) in [6.45, 7) is 8.57. The minimum absolute atomic E-state index is 0.0628. The third-order valence-corrected chi connectivity index (χ3v) is 10.4. The van der Waals surface area contributed by atoms with Crippen LogP contribution < -0.4 is 11.5 Å². The molecule has 0 heterocycles. The van der Waals surface area contributed by atoms with E-state index in [1.807, 2.05) is 0 Å². The summed E-state index contributed by atoms with van der Waals surface area (Å²) in [5, 5.41) is 49.0. The second-order valence-electron chi connectivity index (χ2n) is 16.6. The topological polar surface area (TPSA) is 266 Å². The van der Waals surface area contributed by atoms with Crippen LogP contribution in [0, 0.1) is 22.7 Å². The van der Waals surface area contributed by atoms with Gasteiger partial charge >= 0.3 is 11.9 Å². The first kappa shape index (κ1) is 54.6. The number of unbranched alkanes of at least 4 members (excludes halogenated alkanes) is 5. The highest BCUT2D eigenvalue weighted by Crippen LogP contribution is 2.44. The molecule has 2 atom stereocenters. The van der Waals surface area contributed by atoms with E-state index in [9.17, 15) is 19.2 Å². The molecule has 322 valence electrons. The molecule has 0 radical (unpaired) electrons. The van der Waals surface area contributed by atoms with Crippen LogP contribution in [0.5, 0.6) is 0 Å². The van der Waals surface area contributed by atoms with Crippen LogP contribution in [-0.4, -0.2) is 106 Å². The third-order valence-electron chi connectivity index (χ3n) is 10.4. The summed E-state index contributed by atoms with van der Waals surface area (Å²) in [5.41, 5.74) is 12.4. The third kappa shape index (κ3) is 33.3. The SMILES string of the molecule is CC1(C)CC(N)CC(C)(CN)C1.O=C(O)CCCCC(=O)O.O=C=NC1CCC(CC2CCC(N=C=O)CC2)CC1.OCCCCCCO.OCCCCO. The number of carboxylic acids is 2. The molecule has 0 bridgehead atoms. The van der Waals surface area contributed by atoms with Crippen molar-refractivity contribution in [3.05, 3.63) is 0 Å². The fraction of sp³-hybridized carbons (Fsp3) is 0.902. The number of rotatable bonds is 18. The molecule has 55 heavy (non-hydrogen) atoms. The highest BCUT2D eigenvalue weighted by atomic mass is 16.4. The van der Waals surface area contributed by atoms with Crippen molar-refractivity contribution in [1.82, 2.24) is 0 Å². The van der Waals surface area contributed by atoms with Gasteiger partial charge in [-0.15, -0.1) is 0 Å². The van der Waals surface area contributed by atoms with Gasteiger partial charge in [0.25, 0.3) is 0 Å². The van der Waals surface area contributed by atoms with E-state index in [-0.39, 0.29) is 56.8 Å². The van der Waals surface area contributed by atoms with Crippen LogP contribution in [0.3, 0.4) is 0 Å². The number of nitrogens with zero attached hydrogens (tertiary/aromatic N) is 2. The molecule has 10 N–H and O–H groups in total. The minimum atomic E-state index is -0.870. The van der Waals surface area contributed by atoms with Crippen molar-refractivity contribution >= 4 is 24.1 Å². The van der Waals surface area contributed by atoms with Gasteiger partial charge in [-0.05, 0) is 145 Å². The van der Waals surface area contributed by atoms with Crippen LogP contribution >= 0.6 is 0 Å². The maximum absolute atomic E-state index is 10.2. The minimum Gasteiger partial charge on any atom is -0.481 e. The van der Waals surface area contributed by atoms with Crippen LogP contribution in [0.1, 0.15) is 162 Å². The number of aliphatic imine (C=N–C) groups is 2. The van der Waals surface area contributed by atoms with Crippen molar-refractivity contribution in [2.75, 3.05) is 33.0 Å². The summed E-state index contributed by atoms with van der Waals surface area (Å²) in [7, 11) is 0. The number of carbonyl (C=O) groups is 2. The molecule has 3 saturated carbocycles. The van der Waals surface area contributed by atoms with Gasteiger partial charge < -0.3 is 42.1 Å². The van der Waals surface area contributed by atoms with Crippen molar-refractivity contribution in [2.24, 2.45) is 44.1 Å². The molecule has 3 fully saturated rings. The van der Waals surface area contributed by atoms with Crippen LogP contribution in [0.15, 0.2) is 9.98 Å². The lowest BCUT2D eigenvalue weighted by molar-refractivity contribution is -0.139. The van der Waals surface area contributed by atoms with Crippen molar-refractivity contribution in [3.8, 4) is 0 Å². The Bertz CT molecular complexity index is 990. The molecule has 3 aliphatic rings. The number of hydrogen-bond donors (Lipinski definition) is 8. The Morgan fingerprint density at radius 3 is 1.27 bits per heavy atom. The number of aliphatic hydroxyl groups is 4. The summed E-state index contributed by atoms with van der Waals surface area (Å²) in [5.74, 6) is -0.140. The monoisotopic (exact) mass is 787 g/mol. The molecule has 0 aliphatic heterocycles. The lowest BCUT2D eigenvalue weighted by Gasteiger charge is -2.45. The average Bonchev–Trinajstić information content (AvgIpc) is 3.13. The van der Waals surface area contributed by atoms with Crippen LogP contribution in [-0.2, 0) is 19.2 Å². The molecule has 2 unspecified atom stereocenters. The molecule has 3 rings (SSSR count). The van der Waals surface area contributed by atoms with Gasteiger partial charge in [-0.1, -0.05) is 33.6 Å². The summed E-state index contributed by atoms with van der Waals surface area (Å²) in [6.07, 6.45) is 23.4. The summed E-state index contributed by atoms with van der Waals surface area (Å²) in [4.78, 5) is 47.9. The van der Waals surface area contributed by atoms with Gasteiger partial charge in [0.1, 0.15) is 0 Å². The first-order valence-corrected chi connectivity index (χ1v) is 20.6. The molecule has 14 nitrogen and oxygen atoms in total.